The quantitative estimate of drug-likeness (QED) is 0.754. The molecule has 0 spiro atoms. The number of nitrogens with one attached hydrogen (secondary N) is 1. The molecule has 0 aromatic carbocycles. The van der Waals surface area contributed by atoms with E-state index in [4.69, 9.17) is 10.5 Å². The minimum atomic E-state index is -0.449. The maximum absolute atomic E-state index is 11.4. The molecule has 0 radical (unpaired) electrons. The summed E-state index contributed by atoms with van der Waals surface area (Å²) >= 11 is 0. The lowest BCUT2D eigenvalue weighted by atomic mass is 10.0. The van der Waals surface area contributed by atoms with Crippen LogP contribution in [-0.2, 0) is 4.74 Å². The minimum absolute atomic E-state index is 0.379. The highest BCUT2D eigenvalue weighted by Crippen LogP contribution is 2.14. The van der Waals surface area contributed by atoms with Crippen molar-refractivity contribution in [1.29, 1.82) is 0 Å². The van der Waals surface area contributed by atoms with E-state index in [1.54, 1.807) is 0 Å². The van der Waals surface area contributed by atoms with Crippen molar-refractivity contribution in [2.24, 2.45) is 5.73 Å². The number of amides is 1. The summed E-state index contributed by atoms with van der Waals surface area (Å²) < 4.78 is 5.13. The lowest BCUT2D eigenvalue weighted by molar-refractivity contribution is 0.0532. The topological polar surface area (TPSA) is 64.3 Å². The van der Waals surface area contributed by atoms with Gasteiger partial charge in [-0.2, -0.15) is 0 Å². The summed E-state index contributed by atoms with van der Waals surface area (Å²) in [5.41, 5.74) is 7.25. The van der Waals surface area contributed by atoms with Gasteiger partial charge in [-0.1, -0.05) is 11.6 Å². The van der Waals surface area contributed by atoms with Crippen LogP contribution < -0.4 is 11.1 Å². The molecule has 0 aliphatic heterocycles. The van der Waals surface area contributed by atoms with E-state index in [-0.39, 0.29) is 6.09 Å². The summed E-state index contributed by atoms with van der Waals surface area (Å²) in [4.78, 5) is 11.4. The van der Waals surface area contributed by atoms with Gasteiger partial charge in [0.1, 0.15) is 5.60 Å². The molecule has 4 nitrogen and oxygen atoms in total. The van der Waals surface area contributed by atoms with E-state index in [0.717, 1.165) is 18.5 Å². The fraction of sp³-hybridized carbons (Fsp3) is 0.583. The van der Waals surface area contributed by atoms with Crippen molar-refractivity contribution in [3.8, 4) is 0 Å². The number of carbonyl (C=O) groups is 1. The van der Waals surface area contributed by atoms with Crippen molar-refractivity contribution in [2.45, 2.75) is 39.2 Å². The Morgan fingerprint density at radius 1 is 1.44 bits per heavy atom. The van der Waals surface area contributed by atoms with Crippen molar-refractivity contribution >= 4 is 6.09 Å². The molecule has 0 aromatic rings. The third kappa shape index (κ3) is 4.87. The Kier molecular flexibility index (Phi) is 3.99. The second-order valence-electron chi connectivity index (χ2n) is 4.92. The van der Waals surface area contributed by atoms with Gasteiger partial charge in [-0.05, 0) is 39.7 Å². The summed E-state index contributed by atoms with van der Waals surface area (Å²) in [6, 6.07) is 0. The molecule has 0 atom stereocenters. The zero-order valence-electron chi connectivity index (χ0n) is 10.2. The third-order valence-electron chi connectivity index (χ3n) is 2.13. The van der Waals surface area contributed by atoms with E-state index in [9.17, 15) is 4.79 Å². The van der Waals surface area contributed by atoms with Crippen LogP contribution in [0, 0.1) is 0 Å². The first-order chi connectivity index (χ1) is 7.37. The Labute approximate surface area is 96.5 Å². The molecule has 16 heavy (non-hydrogen) atoms. The van der Waals surface area contributed by atoms with Crippen LogP contribution in [0.1, 0.15) is 33.6 Å². The molecule has 1 rings (SSSR count). The molecule has 1 aliphatic carbocycles. The maximum atomic E-state index is 11.4. The standard InChI is InChI=1S/C12H20N2O2/c1-12(2,3)16-11(15)14-8-9-4-6-10(13)7-5-9/h4,6H,5,7-8,13H2,1-3H3,(H,14,15). The summed E-state index contributed by atoms with van der Waals surface area (Å²) in [5, 5.41) is 2.72. The Hall–Kier alpha value is -1.45. The first-order valence-electron chi connectivity index (χ1n) is 5.48. The second-order valence-corrected chi connectivity index (χ2v) is 4.92. The van der Waals surface area contributed by atoms with Crippen LogP contribution >= 0.6 is 0 Å². The summed E-state index contributed by atoms with van der Waals surface area (Å²) in [5.74, 6) is 0. The molecule has 1 aliphatic rings. The molecule has 0 saturated heterocycles. The van der Waals surface area contributed by atoms with Gasteiger partial charge in [-0.25, -0.2) is 4.79 Å². The van der Waals surface area contributed by atoms with Gasteiger partial charge in [-0.3, -0.25) is 0 Å². The van der Waals surface area contributed by atoms with E-state index >= 15 is 0 Å². The minimum Gasteiger partial charge on any atom is -0.444 e. The number of nitrogens with two attached hydrogens (primary N) is 1. The van der Waals surface area contributed by atoms with E-state index in [1.165, 1.54) is 5.57 Å². The fourth-order valence-corrected chi connectivity index (χ4v) is 1.34. The fourth-order valence-electron chi connectivity index (χ4n) is 1.34. The zero-order valence-corrected chi connectivity index (χ0v) is 10.2. The maximum Gasteiger partial charge on any atom is 0.407 e. The lowest BCUT2D eigenvalue weighted by Crippen LogP contribution is -2.33. The van der Waals surface area contributed by atoms with Gasteiger partial charge in [0, 0.05) is 12.2 Å². The van der Waals surface area contributed by atoms with E-state index in [1.807, 2.05) is 32.9 Å². The van der Waals surface area contributed by atoms with Crippen LogP contribution in [0.4, 0.5) is 4.79 Å². The predicted molar refractivity (Wildman–Crippen MR) is 63.8 cm³/mol. The van der Waals surface area contributed by atoms with Crippen molar-refractivity contribution in [2.75, 3.05) is 6.54 Å². The number of alkyl carbamates (subject to hydrolysis) is 1. The van der Waals surface area contributed by atoms with Crippen LogP contribution in [-0.4, -0.2) is 18.2 Å². The molecule has 0 saturated carbocycles. The van der Waals surface area contributed by atoms with Crippen molar-refractivity contribution in [3.05, 3.63) is 23.4 Å². The number of hydrogen-bond donors (Lipinski definition) is 2. The zero-order chi connectivity index (χ0) is 12.2. The van der Waals surface area contributed by atoms with Crippen LogP contribution in [0.15, 0.2) is 23.4 Å². The van der Waals surface area contributed by atoms with Crippen molar-refractivity contribution < 1.29 is 9.53 Å². The number of carbonyl (C=O) groups excluding carboxylic acids is 1. The predicted octanol–water partition coefficient (Wildman–Crippen LogP) is 2.07. The molecular weight excluding hydrogens is 204 g/mol. The van der Waals surface area contributed by atoms with Crippen LogP contribution in [0.3, 0.4) is 0 Å². The summed E-state index contributed by atoms with van der Waals surface area (Å²) in [7, 11) is 0. The smallest absolute Gasteiger partial charge is 0.407 e. The summed E-state index contributed by atoms with van der Waals surface area (Å²) in [6.07, 6.45) is 5.22. The Morgan fingerprint density at radius 2 is 2.12 bits per heavy atom. The average molecular weight is 224 g/mol. The Balaban J connectivity index is 2.33. The van der Waals surface area contributed by atoms with Crippen LogP contribution in [0.25, 0.3) is 0 Å². The molecular formula is C12H20N2O2. The molecule has 0 fully saturated rings. The van der Waals surface area contributed by atoms with Gasteiger partial charge < -0.3 is 15.8 Å². The highest BCUT2D eigenvalue weighted by molar-refractivity contribution is 5.68. The monoisotopic (exact) mass is 224 g/mol. The van der Waals surface area contributed by atoms with Crippen LogP contribution in [0.2, 0.25) is 0 Å². The van der Waals surface area contributed by atoms with E-state index in [0.29, 0.717) is 6.54 Å². The Bertz CT molecular complexity index is 324. The molecule has 0 aromatic heterocycles. The van der Waals surface area contributed by atoms with Gasteiger partial charge in [0.15, 0.2) is 0 Å². The van der Waals surface area contributed by atoms with Gasteiger partial charge >= 0.3 is 6.09 Å². The molecule has 90 valence electrons. The lowest BCUT2D eigenvalue weighted by Gasteiger charge is -2.20. The first kappa shape index (κ1) is 12.6. The molecule has 0 unspecified atom stereocenters. The number of allylic oxidation sites excluding steroid dienone is 3. The second kappa shape index (κ2) is 5.05. The molecule has 0 bridgehead atoms. The number of hydrogen-bond acceptors (Lipinski definition) is 3. The van der Waals surface area contributed by atoms with Gasteiger partial charge in [0.05, 0.1) is 0 Å². The SMILES string of the molecule is CC(C)(C)OC(=O)NCC1=CC=C(N)CC1. The summed E-state index contributed by atoms with van der Waals surface area (Å²) in [6.45, 7) is 6.06. The van der Waals surface area contributed by atoms with Crippen molar-refractivity contribution in [1.82, 2.24) is 5.32 Å². The van der Waals surface area contributed by atoms with Gasteiger partial charge in [-0.15, -0.1) is 0 Å². The van der Waals surface area contributed by atoms with Crippen LogP contribution in [0.5, 0.6) is 0 Å². The molecule has 1 amide bonds. The number of ether oxygens (including phenoxy) is 1. The third-order valence-corrected chi connectivity index (χ3v) is 2.13. The molecule has 0 heterocycles. The van der Waals surface area contributed by atoms with E-state index in [2.05, 4.69) is 5.32 Å². The first-order valence-corrected chi connectivity index (χ1v) is 5.48. The normalized spacial score (nSPS) is 16.2. The average Bonchev–Trinajstić information content (AvgIpc) is 2.14. The largest absolute Gasteiger partial charge is 0.444 e. The molecule has 4 heteroatoms. The van der Waals surface area contributed by atoms with E-state index < -0.39 is 5.60 Å². The number of rotatable bonds is 2. The van der Waals surface area contributed by atoms with Crippen molar-refractivity contribution in [3.63, 3.8) is 0 Å². The van der Waals surface area contributed by atoms with Gasteiger partial charge in [0.2, 0.25) is 0 Å². The highest BCUT2D eigenvalue weighted by atomic mass is 16.6. The Morgan fingerprint density at radius 3 is 2.62 bits per heavy atom. The highest BCUT2D eigenvalue weighted by Gasteiger charge is 2.16. The van der Waals surface area contributed by atoms with Gasteiger partial charge in [0.25, 0.3) is 0 Å². The molecule has 3 N–H and O–H groups in total.